The molecule has 0 radical (unpaired) electrons. The fourth-order valence-electron chi connectivity index (χ4n) is 3.07. The van der Waals surface area contributed by atoms with Gasteiger partial charge in [-0.05, 0) is 43.9 Å². The number of fused-ring (bicyclic) bond motifs is 1. The Labute approximate surface area is 167 Å². The van der Waals surface area contributed by atoms with Gasteiger partial charge in [0, 0.05) is 6.54 Å². The molecule has 4 rings (SSSR count). The van der Waals surface area contributed by atoms with Crippen LogP contribution in [0.25, 0.3) is 21.0 Å². The maximum atomic E-state index is 12.8. The van der Waals surface area contributed by atoms with E-state index >= 15 is 0 Å². The second-order valence-corrected chi connectivity index (χ2v) is 7.88. The molecule has 0 saturated heterocycles. The van der Waals surface area contributed by atoms with Crippen LogP contribution < -0.4 is 5.32 Å². The van der Waals surface area contributed by atoms with Crippen molar-refractivity contribution < 1.29 is 9.21 Å². The third-order valence-corrected chi connectivity index (χ3v) is 5.44. The predicted molar refractivity (Wildman–Crippen MR) is 113 cm³/mol. The first-order valence-electron chi connectivity index (χ1n) is 9.06. The van der Waals surface area contributed by atoms with Crippen LogP contribution in [0.2, 0.25) is 0 Å². The van der Waals surface area contributed by atoms with E-state index in [-0.39, 0.29) is 17.7 Å². The van der Waals surface area contributed by atoms with E-state index in [0.717, 1.165) is 20.8 Å². The van der Waals surface area contributed by atoms with E-state index in [1.165, 1.54) is 0 Å². The van der Waals surface area contributed by atoms with Crippen LogP contribution in [0.15, 0.2) is 71.1 Å². The summed E-state index contributed by atoms with van der Waals surface area (Å²) >= 11 is 1.55. The van der Waals surface area contributed by atoms with Crippen molar-refractivity contribution in [2.75, 3.05) is 20.6 Å². The first-order valence-corrected chi connectivity index (χ1v) is 9.88. The van der Waals surface area contributed by atoms with Crippen molar-refractivity contribution in [3.05, 3.63) is 78.1 Å². The second kappa shape index (κ2) is 7.96. The van der Waals surface area contributed by atoms with E-state index in [2.05, 4.69) is 10.3 Å². The molecule has 2 heterocycles. The van der Waals surface area contributed by atoms with Crippen LogP contribution in [-0.4, -0.2) is 36.4 Å². The second-order valence-electron chi connectivity index (χ2n) is 6.85. The molecule has 0 bridgehead atoms. The summed E-state index contributed by atoms with van der Waals surface area (Å²) in [4.78, 5) is 19.4. The lowest BCUT2D eigenvalue weighted by atomic mass is 10.1. The summed E-state index contributed by atoms with van der Waals surface area (Å²) in [5.41, 5.74) is 1.99. The van der Waals surface area contributed by atoms with E-state index in [1.807, 2.05) is 73.6 Å². The van der Waals surface area contributed by atoms with E-state index in [0.29, 0.717) is 12.3 Å². The number of hydrogen-bond donors (Lipinski definition) is 1. The summed E-state index contributed by atoms with van der Waals surface area (Å²) < 4.78 is 6.92. The number of nitrogens with zero attached hydrogens (tertiary/aromatic N) is 2. The van der Waals surface area contributed by atoms with Gasteiger partial charge in [-0.3, -0.25) is 4.79 Å². The number of nitrogens with one attached hydrogen (secondary N) is 1. The number of likely N-dealkylation sites (N-methyl/N-ethyl adjacent to an activating group) is 1. The third kappa shape index (κ3) is 3.98. The number of para-hydroxylation sites is 1. The molecular formula is C22H21N3O2S. The molecule has 1 amide bonds. The lowest BCUT2D eigenvalue weighted by molar-refractivity contribution is 0.0902. The smallest absolute Gasteiger partial charge is 0.287 e. The molecule has 0 aliphatic carbocycles. The molecule has 0 saturated carbocycles. The molecule has 0 aliphatic heterocycles. The average Bonchev–Trinajstić information content (AvgIpc) is 3.34. The van der Waals surface area contributed by atoms with Gasteiger partial charge >= 0.3 is 0 Å². The fraction of sp³-hybridized carbons (Fsp3) is 0.182. The Bertz CT molecular complexity index is 1050. The van der Waals surface area contributed by atoms with E-state index in [9.17, 15) is 4.79 Å². The van der Waals surface area contributed by atoms with Crippen molar-refractivity contribution in [1.29, 1.82) is 0 Å². The van der Waals surface area contributed by atoms with Crippen LogP contribution in [0.4, 0.5) is 0 Å². The molecule has 2 aromatic carbocycles. The number of thiazole rings is 1. The van der Waals surface area contributed by atoms with Crippen molar-refractivity contribution in [2.45, 2.75) is 6.04 Å². The monoisotopic (exact) mass is 391 g/mol. The maximum Gasteiger partial charge on any atom is 0.287 e. The van der Waals surface area contributed by atoms with E-state index in [4.69, 9.17) is 4.42 Å². The van der Waals surface area contributed by atoms with Crippen molar-refractivity contribution >= 4 is 27.5 Å². The fourth-order valence-corrected chi connectivity index (χ4v) is 3.99. The van der Waals surface area contributed by atoms with Gasteiger partial charge in [0.1, 0.15) is 0 Å². The first kappa shape index (κ1) is 18.4. The quantitative estimate of drug-likeness (QED) is 0.522. The summed E-state index contributed by atoms with van der Waals surface area (Å²) in [6.45, 7) is 0.696. The minimum atomic E-state index is -0.233. The SMILES string of the molecule is CN(C)C[C@H](NC(=O)c1ccc(-c2nc3ccccc3s2)o1)c1ccccc1. The molecule has 1 N–H and O–H groups in total. The molecule has 0 fully saturated rings. The predicted octanol–water partition coefficient (Wildman–Crippen LogP) is 4.59. The van der Waals surface area contributed by atoms with Gasteiger partial charge in [-0.2, -0.15) is 0 Å². The number of amides is 1. The lowest BCUT2D eigenvalue weighted by Crippen LogP contribution is -2.35. The molecule has 6 heteroatoms. The van der Waals surface area contributed by atoms with E-state index < -0.39 is 0 Å². The van der Waals surface area contributed by atoms with Crippen LogP contribution in [0.3, 0.4) is 0 Å². The van der Waals surface area contributed by atoms with Crippen LogP contribution in [0.5, 0.6) is 0 Å². The summed E-state index contributed by atoms with van der Waals surface area (Å²) in [6, 6.07) is 21.3. The standard InChI is InChI=1S/C22H21N3O2S/c1-25(2)14-17(15-8-4-3-5-9-15)23-21(26)18-12-13-19(27-18)22-24-16-10-6-7-11-20(16)28-22/h3-13,17H,14H2,1-2H3,(H,23,26)/t17-/m0/s1. The van der Waals surface area contributed by atoms with Crippen molar-refractivity contribution in [2.24, 2.45) is 0 Å². The minimum absolute atomic E-state index is 0.125. The molecule has 2 aromatic heterocycles. The average molecular weight is 391 g/mol. The topological polar surface area (TPSA) is 58.4 Å². The van der Waals surface area contributed by atoms with Crippen molar-refractivity contribution in [3.8, 4) is 10.8 Å². The number of carbonyl (C=O) groups excluding carboxylic acids is 1. The normalized spacial score (nSPS) is 12.4. The molecular weight excluding hydrogens is 370 g/mol. The van der Waals surface area contributed by atoms with Gasteiger partial charge in [0.05, 0.1) is 16.3 Å². The number of rotatable bonds is 6. The zero-order chi connectivity index (χ0) is 19.5. The molecule has 5 nitrogen and oxygen atoms in total. The summed E-state index contributed by atoms with van der Waals surface area (Å²) in [5, 5.41) is 3.85. The van der Waals surface area contributed by atoms with Crippen molar-refractivity contribution in [3.63, 3.8) is 0 Å². The largest absolute Gasteiger partial charge is 0.448 e. The van der Waals surface area contributed by atoms with Gasteiger partial charge in [-0.25, -0.2) is 4.98 Å². The molecule has 1 atom stereocenters. The van der Waals surface area contributed by atoms with Gasteiger partial charge in [0.2, 0.25) is 0 Å². The first-order chi connectivity index (χ1) is 13.6. The molecule has 142 valence electrons. The molecule has 28 heavy (non-hydrogen) atoms. The van der Waals surface area contributed by atoms with E-state index in [1.54, 1.807) is 23.5 Å². The summed E-state index contributed by atoms with van der Waals surface area (Å²) in [6.07, 6.45) is 0. The van der Waals surface area contributed by atoms with Gasteiger partial charge < -0.3 is 14.6 Å². The Morgan fingerprint density at radius 3 is 2.57 bits per heavy atom. The van der Waals surface area contributed by atoms with Gasteiger partial charge in [-0.15, -0.1) is 11.3 Å². The molecule has 0 spiro atoms. The maximum absolute atomic E-state index is 12.8. The summed E-state index contributed by atoms with van der Waals surface area (Å²) in [7, 11) is 3.97. The number of hydrogen-bond acceptors (Lipinski definition) is 5. The highest BCUT2D eigenvalue weighted by atomic mass is 32.1. The third-order valence-electron chi connectivity index (χ3n) is 4.39. The van der Waals surface area contributed by atoms with Crippen molar-refractivity contribution in [1.82, 2.24) is 15.2 Å². The summed E-state index contributed by atoms with van der Waals surface area (Å²) in [5.74, 6) is 0.659. The zero-order valence-corrected chi connectivity index (χ0v) is 16.6. The highest BCUT2D eigenvalue weighted by Crippen LogP contribution is 2.31. The van der Waals surface area contributed by atoms with Gasteiger partial charge in [0.15, 0.2) is 16.5 Å². The Morgan fingerprint density at radius 2 is 1.82 bits per heavy atom. The lowest BCUT2D eigenvalue weighted by Gasteiger charge is -2.22. The Morgan fingerprint density at radius 1 is 1.07 bits per heavy atom. The molecule has 0 unspecified atom stereocenters. The Balaban J connectivity index is 1.54. The highest BCUT2D eigenvalue weighted by molar-refractivity contribution is 7.21. The zero-order valence-electron chi connectivity index (χ0n) is 15.8. The molecule has 4 aromatic rings. The van der Waals surface area contributed by atoms with Gasteiger partial charge in [0.25, 0.3) is 5.91 Å². The Hall–Kier alpha value is -2.96. The minimum Gasteiger partial charge on any atom is -0.448 e. The molecule has 0 aliphatic rings. The number of carbonyl (C=O) groups is 1. The van der Waals surface area contributed by atoms with Crippen LogP contribution in [0.1, 0.15) is 22.2 Å². The van der Waals surface area contributed by atoms with Crippen LogP contribution in [0, 0.1) is 0 Å². The number of benzene rings is 2. The number of furan rings is 1. The van der Waals surface area contributed by atoms with Crippen LogP contribution in [-0.2, 0) is 0 Å². The Kier molecular flexibility index (Phi) is 5.23. The van der Waals surface area contributed by atoms with Gasteiger partial charge in [-0.1, -0.05) is 42.5 Å². The number of aromatic nitrogens is 1. The van der Waals surface area contributed by atoms with Crippen LogP contribution >= 0.6 is 11.3 Å². The highest BCUT2D eigenvalue weighted by Gasteiger charge is 2.20.